The molecule has 60 valence electrons. The van der Waals surface area contributed by atoms with Crippen LogP contribution in [0.2, 0.25) is 0 Å². The normalized spacial score (nSPS) is 12.1. The van der Waals surface area contributed by atoms with Crippen molar-refractivity contribution in [3.05, 3.63) is 17.5 Å². The smallest absolute Gasteiger partial charge is 0.0871 e. The van der Waals surface area contributed by atoms with Crippen LogP contribution >= 0.6 is 0 Å². The Morgan fingerprint density at radius 3 is 2.73 bits per heavy atom. The monoisotopic (exact) mass is 153 g/mol. The Hall–Kier alpha value is -1.32. The van der Waals surface area contributed by atoms with Crippen LogP contribution in [-0.4, -0.2) is 20.7 Å². The number of aryl methyl sites for hydroxylation is 1. The maximum Gasteiger partial charge on any atom is 0.0871 e. The number of hydrogen-bond acceptors (Lipinski definition) is 3. The fourth-order valence-electron chi connectivity index (χ4n) is 0.908. The highest BCUT2D eigenvalue weighted by Gasteiger charge is 2.05. The molecule has 0 saturated heterocycles. The molecule has 0 aliphatic rings. The van der Waals surface area contributed by atoms with Crippen molar-refractivity contribution < 1.29 is 5.21 Å². The summed E-state index contributed by atoms with van der Waals surface area (Å²) < 4.78 is 1.74. The van der Waals surface area contributed by atoms with Crippen LogP contribution in [0.25, 0.3) is 0 Å². The maximum atomic E-state index is 8.47. The number of oxime groups is 1. The summed E-state index contributed by atoms with van der Waals surface area (Å²) in [5.74, 6) is 0. The van der Waals surface area contributed by atoms with E-state index in [1.54, 1.807) is 17.8 Å². The van der Waals surface area contributed by atoms with Gasteiger partial charge in [0.2, 0.25) is 0 Å². The summed E-state index contributed by atoms with van der Waals surface area (Å²) in [6.45, 7) is 3.67. The van der Waals surface area contributed by atoms with E-state index in [0.717, 1.165) is 11.3 Å². The highest BCUT2D eigenvalue weighted by molar-refractivity contribution is 5.98. The second-order valence-electron chi connectivity index (χ2n) is 2.45. The van der Waals surface area contributed by atoms with Gasteiger partial charge in [-0.3, -0.25) is 4.68 Å². The molecule has 0 amide bonds. The van der Waals surface area contributed by atoms with Crippen molar-refractivity contribution in [2.24, 2.45) is 12.2 Å². The Labute approximate surface area is 65.1 Å². The first-order chi connectivity index (χ1) is 5.16. The van der Waals surface area contributed by atoms with Gasteiger partial charge in [-0.1, -0.05) is 5.16 Å². The Balaban J connectivity index is 3.15. The Morgan fingerprint density at radius 1 is 1.73 bits per heavy atom. The van der Waals surface area contributed by atoms with Crippen LogP contribution in [0.4, 0.5) is 0 Å². The van der Waals surface area contributed by atoms with Gasteiger partial charge >= 0.3 is 0 Å². The van der Waals surface area contributed by atoms with E-state index in [1.807, 2.05) is 14.0 Å². The average Bonchev–Trinajstić information content (AvgIpc) is 2.32. The van der Waals surface area contributed by atoms with Crippen LogP contribution in [0.1, 0.15) is 18.2 Å². The molecule has 1 aromatic heterocycles. The van der Waals surface area contributed by atoms with E-state index < -0.39 is 0 Å². The van der Waals surface area contributed by atoms with Crippen molar-refractivity contribution in [2.75, 3.05) is 0 Å². The molecule has 0 aliphatic carbocycles. The first-order valence-corrected chi connectivity index (χ1v) is 3.34. The van der Waals surface area contributed by atoms with Gasteiger partial charge in [-0.05, 0) is 13.8 Å². The van der Waals surface area contributed by atoms with Gasteiger partial charge in [-0.15, -0.1) is 0 Å². The van der Waals surface area contributed by atoms with Crippen molar-refractivity contribution in [3.63, 3.8) is 0 Å². The molecule has 1 aromatic rings. The Morgan fingerprint density at radius 2 is 2.36 bits per heavy atom. The van der Waals surface area contributed by atoms with Crippen LogP contribution in [0, 0.1) is 6.92 Å². The minimum absolute atomic E-state index is 0.593. The summed E-state index contributed by atoms with van der Waals surface area (Å²) in [4.78, 5) is 0. The molecule has 0 fully saturated rings. The van der Waals surface area contributed by atoms with Crippen LogP contribution in [-0.2, 0) is 7.05 Å². The highest BCUT2D eigenvalue weighted by atomic mass is 16.4. The van der Waals surface area contributed by atoms with E-state index in [4.69, 9.17) is 5.21 Å². The molecule has 1 rings (SSSR count). The number of aromatic nitrogens is 2. The average molecular weight is 153 g/mol. The van der Waals surface area contributed by atoms with Crippen molar-refractivity contribution in [1.29, 1.82) is 0 Å². The SMILES string of the molecule is C/C(=N\O)c1cnn(C)c1C. The van der Waals surface area contributed by atoms with Gasteiger partial charge in [0.05, 0.1) is 11.9 Å². The van der Waals surface area contributed by atoms with Crippen LogP contribution in [0.3, 0.4) is 0 Å². The van der Waals surface area contributed by atoms with Crippen LogP contribution in [0.15, 0.2) is 11.4 Å². The molecule has 0 spiro atoms. The third kappa shape index (κ3) is 1.24. The second kappa shape index (κ2) is 2.74. The third-order valence-corrected chi connectivity index (χ3v) is 1.78. The van der Waals surface area contributed by atoms with E-state index in [0.29, 0.717) is 5.71 Å². The molecule has 0 bridgehead atoms. The van der Waals surface area contributed by atoms with Gasteiger partial charge in [-0.25, -0.2) is 0 Å². The lowest BCUT2D eigenvalue weighted by Crippen LogP contribution is -1.98. The third-order valence-electron chi connectivity index (χ3n) is 1.78. The fourth-order valence-corrected chi connectivity index (χ4v) is 0.908. The molecule has 0 aliphatic heterocycles. The molecule has 11 heavy (non-hydrogen) atoms. The molecule has 0 saturated carbocycles. The molecule has 1 N–H and O–H groups in total. The van der Waals surface area contributed by atoms with Gasteiger partial charge in [-0.2, -0.15) is 5.10 Å². The topological polar surface area (TPSA) is 50.4 Å². The quantitative estimate of drug-likeness (QED) is 0.370. The molecular formula is C7H11N3O. The van der Waals surface area contributed by atoms with E-state index in [1.165, 1.54) is 0 Å². The lowest BCUT2D eigenvalue weighted by atomic mass is 10.2. The molecule has 0 aromatic carbocycles. The van der Waals surface area contributed by atoms with Crippen molar-refractivity contribution in [2.45, 2.75) is 13.8 Å². The first-order valence-electron chi connectivity index (χ1n) is 3.34. The summed E-state index contributed by atoms with van der Waals surface area (Å²) in [5.41, 5.74) is 2.48. The van der Waals surface area contributed by atoms with E-state index >= 15 is 0 Å². The van der Waals surface area contributed by atoms with Crippen molar-refractivity contribution >= 4 is 5.71 Å². The molecule has 0 radical (unpaired) electrons. The molecule has 1 heterocycles. The zero-order valence-corrected chi connectivity index (χ0v) is 6.87. The Kier molecular flexibility index (Phi) is 1.94. The number of nitrogens with zero attached hydrogens (tertiary/aromatic N) is 3. The number of hydrogen-bond donors (Lipinski definition) is 1. The lowest BCUT2D eigenvalue weighted by molar-refractivity contribution is 0.319. The molecule has 0 atom stereocenters. The van der Waals surface area contributed by atoms with Crippen molar-refractivity contribution in [1.82, 2.24) is 9.78 Å². The summed E-state index contributed by atoms with van der Waals surface area (Å²) in [6, 6.07) is 0. The van der Waals surface area contributed by atoms with Crippen LogP contribution < -0.4 is 0 Å². The minimum Gasteiger partial charge on any atom is -0.411 e. The Bertz CT molecular complexity index is 288. The summed E-state index contributed by atoms with van der Waals surface area (Å²) in [6.07, 6.45) is 1.68. The molecular weight excluding hydrogens is 142 g/mol. The minimum atomic E-state index is 0.593. The predicted octanol–water partition coefficient (Wildman–Crippen LogP) is 0.927. The fraction of sp³-hybridized carbons (Fsp3) is 0.429. The van der Waals surface area contributed by atoms with Gasteiger partial charge < -0.3 is 5.21 Å². The summed E-state index contributed by atoms with van der Waals surface area (Å²) in [5, 5.41) is 15.6. The summed E-state index contributed by atoms with van der Waals surface area (Å²) in [7, 11) is 1.85. The second-order valence-corrected chi connectivity index (χ2v) is 2.45. The highest BCUT2D eigenvalue weighted by Crippen LogP contribution is 2.06. The lowest BCUT2D eigenvalue weighted by Gasteiger charge is -1.96. The van der Waals surface area contributed by atoms with Gasteiger partial charge in [0, 0.05) is 18.3 Å². The predicted molar refractivity (Wildman–Crippen MR) is 41.9 cm³/mol. The number of rotatable bonds is 1. The van der Waals surface area contributed by atoms with E-state index in [9.17, 15) is 0 Å². The van der Waals surface area contributed by atoms with E-state index in [2.05, 4.69) is 10.3 Å². The molecule has 4 nitrogen and oxygen atoms in total. The van der Waals surface area contributed by atoms with Gasteiger partial charge in [0.1, 0.15) is 0 Å². The zero-order chi connectivity index (χ0) is 8.43. The maximum absolute atomic E-state index is 8.47. The largest absolute Gasteiger partial charge is 0.411 e. The molecule has 0 unspecified atom stereocenters. The van der Waals surface area contributed by atoms with E-state index in [-0.39, 0.29) is 0 Å². The standard InChI is InChI=1S/C7H11N3O/c1-5(9-11)7-4-8-10(3)6(7)2/h4,11H,1-3H3/b9-5+. The molecule has 4 heteroatoms. The summed E-state index contributed by atoms with van der Waals surface area (Å²) >= 11 is 0. The first kappa shape index (κ1) is 7.78. The zero-order valence-electron chi connectivity index (χ0n) is 6.87. The van der Waals surface area contributed by atoms with Gasteiger partial charge in [0.15, 0.2) is 0 Å². The van der Waals surface area contributed by atoms with Crippen LogP contribution in [0.5, 0.6) is 0 Å². The van der Waals surface area contributed by atoms with Gasteiger partial charge in [0.25, 0.3) is 0 Å². The van der Waals surface area contributed by atoms with Crippen molar-refractivity contribution in [3.8, 4) is 0 Å².